The first-order chi connectivity index (χ1) is 16.1. The highest BCUT2D eigenvalue weighted by Crippen LogP contribution is 2.55. The first-order valence-corrected chi connectivity index (χ1v) is 13.7. The summed E-state index contributed by atoms with van der Waals surface area (Å²) < 4.78 is 12.1. The maximum atomic E-state index is 6.50. The fourth-order valence-electron chi connectivity index (χ4n) is 6.33. The van der Waals surface area contributed by atoms with Gasteiger partial charge in [-0.2, -0.15) is 5.10 Å². The van der Waals surface area contributed by atoms with Gasteiger partial charge in [0.2, 0.25) is 0 Å². The van der Waals surface area contributed by atoms with Crippen LogP contribution in [0.5, 0.6) is 0 Å². The lowest BCUT2D eigenvalue weighted by molar-refractivity contribution is -0.108. The molecule has 1 spiro atoms. The second-order valence-corrected chi connectivity index (χ2v) is 11.8. The summed E-state index contributed by atoms with van der Waals surface area (Å²) in [6.07, 6.45) is 11.2. The number of nitrogens with zero attached hydrogens (tertiary/aromatic N) is 3. The second kappa shape index (κ2) is 9.76. The average Bonchev–Trinajstić information content (AvgIpc) is 3.50. The number of fused-ring (bicyclic) bond motifs is 2. The third-order valence-electron chi connectivity index (χ3n) is 8.62. The van der Waals surface area contributed by atoms with Crippen LogP contribution in [0.15, 0.2) is 16.2 Å². The predicted molar refractivity (Wildman–Crippen MR) is 135 cm³/mol. The molecule has 1 aliphatic carbocycles. The summed E-state index contributed by atoms with van der Waals surface area (Å²) in [5, 5.41) is 4.10. The second-order valence-electron chi connectivity index (χ2n) is 10.6. The number of hydrazone groups is 1. The van der Waals surface area contributed by atoms with Crippen molar-refractivity contribution in [3.05, 3.63) is 21.4 Å². The molecule has 0 aromatic carbocycles. The van der Waals surface area contributed by atoms with Crippen LogP contribution in [0.2, 0.25) is 0 Å². The molecule has 0 unspecified atom stereocenters. The summed E-state index contributed by atoms with van der Waals surface area (Å²) in [7, 11) is 0. The zero-order chi connectivity index (χ0) is 22.9. The van der Waals surface area contributed by atoms with Gasteiger partial charge in [0.15, 0.2) is 0 Å². The quantitative estimate of drug-likeness (QED) is 0.368. The molecule has 4 heterocycles. The van der Waals surface area contributed by atoms with Crippen molar-refractivity contribution in [1.82, 2.24) is 4.90 Å². The maximum absolute atomic E-state index is 6.50. The maximum Gasteiger partial charge on any atom is 0.0969 e. The fraction of sp³-hybridized carbons (Fsp3) is 0.769. The van der Waals surface area contributed by atoms with E-state index in [1.54, 1.807) is 4.88 Å². The number of aliphatic imine (C=N–C) groups is 1. The topological polar surface area (TPSA) is 72.4 Å². The fourth-order valence-corrected chi connectivity index (χ4v) is 7.51. The molecular weight excluding hydrogens is 432 g/mol. The molecule has 3 fully saturated rings. The molecule has 5 rings (SSSR count). The number of ether oxygens (including phenoxy) is 2. The van der Waals surface area contributed by atoms with E-state index < -0.39 is 0 Å². The van der Waals surface area contributed by atoms with Gasteiger partial charge in [0.1, 0.15) is 0 Å². The lowest BCUT2D eigenvalue weighted by atomic mass is 9.79. The van der Waals surface area contributed by atoms with Gasteiger partial charge in [-0.3, -0.25) is 9.89 Å². The van der Waals surface area contributed by atoms with Crippen molar-refractivity contribution in [2.45, 2.75) is 76.9 Å². The van der Waals surface area contributed by atoms with Gasteiger partial charge in [0, 0.05) is 61.3 Å². The molecule has 4 aliphatic rings. The number of hydrogen-bond donors (Lipinski definition) is 1. The zero-order valence-electron chi connectivity index (χ0n) is 20.4. The first kappa shape index (κ1) is 23.5. The Labute approximate surface area is 202 Å². The Hall–Kier alpha value is -1.28. The molecular formula is C26H40N4O2S. The standard InChI is InChI=1S/C26H40N4O2S/c1-3-22-14-23-24(33-22)6-13-32-26(23)9-10-30(19(2)15-26)17-21(29-27)16-28-18-25(7-8-25)20-4-11-31-12-5-20/h14,16,19-20H,3-13,15,17-18,27H2,1-2H3/b28-16?,29-21+/t19-,26+/m0/s1. The number of thiophene rings is 1. The molecule has 182 valence electrons. The van der Waals surface area contributed by atoms with Gasteiger partial charge < -0.3 is 15.3 Å². The molecule has 6 nitrogen and oxygen atoms in total. The van der Waals surface area contributed by atoms with Gasteiger partial charge in [-0.15, -0.1) is 11.3 Å². The number of nitrogens with two attached hydrogens (primary N) is 1. The molecule has 0 radical (unpaired) electrons. The summed E-state index contributed by atoms with van der Waals surface area (Å²) in [5.41, 5.74) is 2.66. The van der Waals surface area contributed by atoms with Gasteiger partial charge in [-0.1, -0.05) is 6.92 Å². The Morgan fingerprint density at radius 3 is 2.79 bits per heavy atom. The largest absolute Gasteiger partial charge is 0.381 e. The van der Waals surface area contributed by atoms with Crippen molar-refractivity contribution < 1.29 is 9.47 Å². The molecule has 3 aliphatic heterocycles. The Kier molecular flexibility index (Phi) is 6.94. The minimum atomic E-state index is -0.108. The highest BCUT2D eigenvalue weighted by Gasteiger charge is 2.49. The van der Waals surface area contributed by atoms with E-state index in [4.69, 9.17) is 20.3 Å². The van der Waals surface area contributed by atoms with Crippen LogP contribution < -0.4 is 5.84 Å². The number of likely N-dealkylation sites (tertiary alicyclic amines) is 1. The molecule has 7 heteroatoms. The zero-order valence-corrected chi connectivity index (χ0v) is 21.2. The molecule has 2 N–H and O–H groups in total. The van der Waals surface area contributed by atoms with E-state index in [0.29, 0.717) is 11.5 Å². The summed E-state index contributed by atoms with van der Waals surface area (Å²) in [6.45, 7) is 9.91. The number of aryl methyl sites for hydroxylation is 1. The Bertz CT molecular complexity index is 887. The Morgan fingerprint density at radius 1 is 1.27 bits per heavy atom. The summed E-state index contributed by atoms with van der Waals surface area (Å²) in [6, 6.07) is 2.84. The number of hydrogen-bond acceptors (Lipinski definition) is 7. The van der Waals surface area contributed by atoms with Crippen LogP contribution in [0.1, 0.15) is 67.7 Å². The van der Waals surface area contributed by atoms with Crippen LogP contribution in [-0.2, 0) is 27.9 Å². The molecule has 1 saturated carbocycles. The molecule has 33 heavy (non-hydrogen) atoms. The third-order valence-corrected chi connectivity index (χ3v) is 9.95. The molecule has 2 atom stereocenters. The van der Waals surface area contributed by atoms with Crippen LogP contribution in [0.3, 0.4) is 0 Å². The minimum absolute atomic E-state index is 0.108. The summed E-state index contributed by atoms with van der Waals surface area (Å²) in [4.78, 5) is 10.4. The van der Waals surface area contributed by atoms with Crippen LogP contribution >= 0.6 is 11.3 Å². The van der Waals surface area contributed by atoms with Gasteiger partial charge >= 0.3 is 0 Å². The predicted octanol–water partition coefficient (Wildman–Crippen LogP) is 4.16. The lowest BCUT2D eigenvalue weighted by Crippen LogP contribution is -2.51. The van der Waals surface area contributed by atoms with Gasteiger partial charge in [-0.25, -0.2) is 0 Å². The van der Waals surface area contributed by atoms with Gasteiger partial charge in [0.05, 0.1) is 17.9 Å². The smallest absolute Gasteiger partial charge is 0.0969 e. The highest BCUT2D eigenvalue weighted by atomic mass is 32.1. The summed E-state index contributed by atoms with van der Waals surface area (Å²) in [5.74, 6) is 6.56. The number of rotatable bonds is 7. The third kappa shape index (κ3) is 4.79. The van der Waals surface area contributed by atoms with Crippen LogP contribution in [0, 0.1) is 11.3 Å². The van der Waals surface area contributed by atoms with Crippen molar-refractivity contribution in [3.8, 4) is 0 Å². The van der Waals surface area contributed by atoms with Gasteiger partial charge in [-0.05, 0) is 74.8 Å². The van der Waals surface area contributed by atoms with Crippen molar-refractivity contribution in [3.63, 3.8) is 0 Å². The van der Waals surface area contributed by atoms with Crippen molar-refractivity contribution >= 4 is 23.3 Å². The monoisotopic (exact) mass is 472 g/mol. The van der Waals surface area contributed by atoms with E-state index in [2.05, 4.69) is 29.9 Å². The van der Waals surface area contributed by atoms with Crippen LogP contribution in [-0.4, -0.2) is 62.3 Å². The van der Waals surface area contributed by atoms with E-state index in [1.807, 2.05) is 17.6 Å². The van der Waals surface area contributed by atoms with E-state index in [-0.39, 0.29) is 5.60 Å². The van der Waals surface area contributed by atoms with E-state index in [1.165, 1.54) is 36.1 Å². The highest BCUT2D eigenvalue weighted by molar-refractivity contribution is 7.12. The van der Waals surface area contributed by atoms with E-state index in [9.17, 15) is 0 Å². The Morgan fingerprint density at radius 2 is 2.09 bits per heavy atom. The normalized spacial score (nSPS) is 30.7. The SMILES string of the molecule is CCc1cc2c(s1)CCO[C@@]21CCN(C/C(C=NCC2(C3CCOCC3)CC2)=N/N)[C@@H](C)C1. The minimum Gasteiger partial charge on any atom is -0.381 e. The summed E-state index contributed by atoms with van der Waals surface area (Å²) >= 11 is 1.99. The molecule has 2 saturated heterocycles. The van der Waals surface area contributed by atoms with Crippen molar-refractivity contribution in [2.24, 2.45) is 27.3 Å². The molecule has 1 aromatic rings. The first-order valence-electron chi connectivity index (χ1n) is 12.9. The van der Waals surface area contributed by atoms with E-state index >= 15 is 0 Å². The Balaban J connectivity index is 1.18. The molecule has 0 amide bonds. The average molecular weight is 473 g/mol. The van der Waals surface area contributed by atoms with Crippen molar-refractivity contribution in [2.75, 3.05) is 39.5 Å². The van der Waals surface area contributed by atoms with E-state index in [0.717, 1.165) is 76.8 Å². The molecule has 0 bridgehead atoms. The number of piperidine rings is 1. The van der Waals surface area contributed by atoms with Crippen LogP contribution in [0.25, 0.3) is 0 Å². The molecule has 1 aromatic heterocycles. The van der Waals surface area contributed by atoms with Gasteiger partial charge in [0.25, 0.3) is 0 Å². The van der Waals surface area contributed by atoms with Crippen LogP contribution in [0.4, 0.5) is 0 Å². The van der Waals surface area contributed by atoms with Crippen molar-refractivity contribution in [1.29, 1.82) is 0 Å². The lowest BCUT2D eigenvalue weighted by Gasteiger charge is -2.47.